The molecule has 0 amide bonds. The Labute approximate surface area is 143 Å². The number of esters is 1. The molecule has 4 nitrogen and oxygen atoms in total. The average Bonchev–Trinajstić information content (AvgIpc) is 2.89. The van der Waals surface area contributed by atoms with Gasteiger partial charge in [0.15, 0.2) is 5.78 Å². The Balaban J connectivity index is 1.85. The van der Waals surface area contributed by atoms with Gasteiger partial charge in [-0.3, -0.25) is 4.79 Å². The van der Waals surface area contributed by atoms with Crippen molar-refractivity contribution >= 4 is 40.5 Å². The summed E-state index contributed by atoms with van der Waals surface area (Å²) in [7, 11) is 0. The summed E-state index contributed by atoms with van der Waals surface area (Å²) in [6, 6.07) is 9.88. The van der Waals surface area contributed by atoms with Crippen LogP contribution in [0.4, 0.5) is 5.69 Å². The SMILES string of the molecule is CCOC(=O)c1sc2c(c1N)CCC(Sc1ccccc1)C2=O. The predicted molar refractivity (Wildman–Crippen MR) is 93.4 cm³/mol. The molecule has 23 heavy (non-hydrogen) atoms. The first kappa shape index (κ1) is 16.1. The molecule has 0 bridgehead atoms. The van der Waals surface area contributed by atoms with Crippen LogP contribution in [0, 0.1) is 0 Å². The molecule has 1 aliphatic carbocycles. The van der Waals surface area contributed by atoms with Crippen molar-refractivity contribution in [2.45, 2.75) is 29.9 Å². The summed E-state index contributed by atoms with van der Waals surface area (Å²) < 4.78 is 5.02. The third kappa shape index (κ3) is 3.14. The van der Waals surface area contributed by atoms with Crippen molar-refractivity contribution in [2.75, 3.05) is 12.3 Å². The second-order valence-corrected chi connectivity index (χ2v) is 7.49. The zero-order valence-electron chi connectivity index (χ0n) is 12.7. The number of carbonyl (C=O) groups excluding carboxylic acids is 2. The highest BCUT2D eigenvalue weighted by molar-refractivity contribution is 8.00. The molecule has 2 aromatic rings. The Morgan fingerprint density at radius 1 is 1.39 bits per heavy atom. The highest BCUT2D eigenvalue weighted by Gasteiger charge is 2.34. The zero-order valence-corrected chi connectivity index (χ0v) is 14.3. The fraction of sp³-hybridized carbons (Fsp3) is 0.294. The molecule has 0 saturated heterocycles. The summed E-state index contributed by atoms with van der Waals surface area (Å²) in [5.41, 5.74) is 7.30. The van der Waals surface area contributed by atoms with Crippen molar-refractivity contribution in [3.05, 3.63) is 45.6 Å². The molecule has 2 N–H and O–H groups in total. The van der Waals surface area contributed by atoms with Crippen molar-refractivity contribution in [1.29, 1.82) is 0 Å². The van der Waals surface area contributed by atoms with E-state index < -0.39 is 5.97 Å². The van der Waals surface area contributed by atoms with Crippen LogP contribution in [0.5, 0.6) is 0 Å². The van der Waals surface area contributed by atoms with Crippen LogP contribution in [-0.2, 0) is 11.2 Å². The Morgan fingerprint density at radius 2 is 2.13 bits per heavy atom. The smallest absolute Gasteiger partial charge is 0.350 e. The standard InChI is InChI=1S/C17H17NO3S2/c1-2-21-17(20)16-13(18)11-8-9-12(14(19)15(11)23-16)22-10-6-4-3-5-7-10/h3-7,12H,2,8-9,18H2,1H3. The number of ketones is 1. The lowest BCUT2D eigenvalue weighted by Crippen LogP contribution is -2.23. The predicted octanol–water partition coefficient (Wildman–Crippen LogP) is 3.80. The fourth-order valence-electron chi connectivity index (χ4n) is 2.60. The van der Waals surface area contributed by atoms with E-state index in [1.165, 1.54) is 11.3 Å². The first-order chi connectivity index (χ1) is 11.1. The number of anilines is 1. The van der Waals surface area contributed by atoms with Crippen LogP contribution in [0.25, 0.3) is 0 Å². The van der Waals surface area contributed by atoms with Gasteiger partial charge in [-0.2, -0.15) is 0 Å². The van der Waals surface area contributed by atoms with Gasteiger partial charge in [0.1, 0.15) is 4.88 Å². The van der Waals surface area contributed by atoms with Crippen LogP contribution in [0.15, 0.2) is 35.2 Å². The minimum Gasteiger partial charge on any atom is -0.462 e. The maximum atomic E-state index is 12.7. The lowest BCUT2D eigenvalue weighted by Gasteiger charge is -2.20. The number of hydrogen-bond acceptors (Lipinski definition) is 6. The highest BCUT2D eigenvalue weighted by atomic mass is 32.2. The lowest BCUT2D eigenvalue weighted by molar-refractivity contribution is 0.0533. The molecular weight excluding hydrogens is 330 g/mol. The van der Waals surface area contributed by atoms with Gasteiger partial charge in [-0.15, -0.1) is 23.1 Å². The van der Waals surface area contributed by atoms with E-state index >= 15 is 0 Å². The fourth-order valence-corrected chi connectivity index (χ4v) is 4.94. The van der Waals surface area contributed by atoms with E-state index in [1.807, 2.05) is 30.3 Å². The number of carbonyl (C=O) groups is 2. The summed E-state index contributed by atoms with van der Waals surface area (Å²) in [5, 5.41) is -0.127. The van der Waals surface area contributed by atoms with Crippen LogP contribution in [-0.4, -0.2) is 23.6 Å². The minimum absolute atomic E-state index is 0.0624. The van der Waals surface area contributed by atoms with Crippen LogP contribution < -0.4 is 5.73 Å². The van der Waals surface area contributed by atoms with Gasteiger partial charge in [-0.1, -0.05) is 18.2 Å². The first-order valence-electron chi connectivity index (χ1n) is 7.46. The summed E-state index contributed by atoms with van der Waals surface area (Å²) in [6.45, 7) is 2.04. The molecule has 120 valence electrons. The van der Waals surface area contributed by atoms with E-state index in [1.54, 1.807) is 18.7 Å². The number of hydrogen-bond donors (Lipinski definition) is 1. The molecule has 0 aliphatic heterocycles. The summed E-state index contributed by atoms with van der Waals surface area (Å²) in [6.07, 6.45) is 1.45. The van der Waals surface area contributed by atoms with Gasteiger partial charge in [0.2, 0.25) is 0 Å². The van der Waals surface area contributed by atoms with Gasteiger partial charge in [0.25, 0.3) is 0 Å². The molecule has 0 fully saturated rings. The number of ether oxygens (including phenoxy) is 1. The van der Waals surface area contributed by atoms with Gasteiger partial charge >= 0.3 is 5.97 Å². The largest absolute Gasteiger partial charge is 0.462 e. The highest BCUT2D eigenvalue weighted by Crippen LogP contribution is 2.41. The number of fused-ring (bicyclic) bond motifs is 1. The molecule has 1 aliphatic rings. The second-order valence-electron chi connectivity index (χ2n) is 5.20. The number of rotatable bonds is 4. The zero-order chi connectivity index (χ0) is 16.4. The third-order valence-corrected chi connectivity index (χ3v) is 6.22. The van der Waals surface area contributed by atoms with Gasteiger partial charge in [-0.05, 0) is 37.5 Å². The van der Waals surface area contributed by atoms with Crippen LogP contribution in [0.1, 0.15) is 38.3 Å². The molecule has 3 rings (SSSR count). The van der Waals surface area contributed by atoms with Crippen LogP contribution >= 0.6 is 23.1 Å². The molecule has 1 heterocycles. The lowest BCUT2D eigenvalue weighted by atomic mass is 9.96. The van der Waals surface area contributed by atoms with E-state index in [2.05, 4.69) is 0 Å². The quantitative estimate of drug-likeness (QED) is 0.852. The van der Waals surface area contributed by atoms with E-state index in [4.69, 9.17) is 10.5 Å². The number of thioether (sulfide) groups is 1. The van der Waals surface area contributed by atoms with Gasteiger partial charge in [-0.25, -0.2) is 4.79 Å². The van der Waals surface area contributed by atoms with Gasteiger partial charge in [0, 0.05) is 4.90 Å². The second kappa shape index (κ2) is 6.76. The number of nitrogen functional groups attached to an aromatic ring is 1. The van der Waals surface area contributed by atoms with E-state index in [-0.39, 0.29) is 11.0 Å². The molecule has 1 aromatic carbocycles. The maximum absolute atomic E-state index is 12.7. The van der Waals surface area contributed by atoms with Crippen LogP contribution in [0.3, 0.4) is 0 Å². The molecular formula is C17H17NO3S2. The Hall–Kier alpha value is -1.79. The van der Waals surface area contributed by atoms with Crippen molar-refractivity contribution in [1.82, 2.24) is 0 Å². The van der Waals surface area contributed by atoms with Crippen LogP contribution in [0.2, 0.25) is 0 Å². The van der Waals surface area contributed by atoms with E-state index in [0.29, 0.717) is 28.5 Å². The summed E-state index contributed by atoms with van der Waals surface area (Å²) in [4.78, 5) is 26.7. The molecule has 1 aromatic heterocycles. The van der Waals surface area contributed by atoms with Crippen molar-refractivity contribution in [2.24, 2.45) is 0 Å². The minimum atomic E-state index is -0.440. The van der Waals surface area contributed by atoms with Gasteiger partial charge in [0.05, 0.1) is 22.4 Å². The topological polar surface area (TPSA) is 69.4 Å². The van der Waals surface area contributed by atoms with E-state index in [0.717, 1.165) is 16.9 Å². The molecule has 1 atom stereocenters. The third-order valence-electron chi connectivity index (χ3n) is 3.70. The Morgan fingerprint density at radius 3 is 2.83 bits per heavy atom. The summed E-state index contributed by atoms with van der Waals surface area (Å²) in [5.74, 6) is -0.378. The van der Waals surface area contributed by atoms with Crippen molar-refractivity contribution in [3.8, 4) is 0 Å². The Kier molecular flexibility index (Phi) is 4.73. The summed E-state index contributed by atoms with van der Waals surface area (Å²) >= 11 is 2.74. The number of thiophene rings is 1. The first-order valence-corrected chi connectivity index (χ1v) is 9.15. The monoisotopic (exact) mass is 347 g/mol. The maximum Gasteiger partial charge on any atom is 0.350 e. The molecule has 0 spiro atoms. The molecule has 1 unspecified atom stereocenters. The molecule has 0 radical (unpaired) electrons. The number of benzene rings is 1. The normalized spacial score (nSPS) is 16.9. The number of nitrogens with two attached hydrogens (primary N) is 1. The molecule has 6 heteroatoms. The Bertz CT molecular complexity index is 740. The van der Waals surface area contributed by atoms with Crippen molar-refractivity contribution < 1.29 is 14.3 Å². The van der Waals surface area contributed by atoms with E-state index in [9.17, 15) is 9.59 Å². The average molecular weight is 347 g/mol. The van der Waals surface area contributed by atoms with Crippen molar-refractivity contribution in [3.63, 3.8) is 0 Å². The van der Waals surface area contributed by atoms with Gasteiger partial charge < -0.3 is 10.5 Å². The number of Topliss-reactive ketones (excluding diaryl/α,β-unsaturated/α-hetero) is 1. The molecule has 0 saturated carbocycles.